The van der Waals surface area contributed by atoms with E-state index in [4.69, 9.17) is 4.74 Å². The van der Waals surface area contributed by atoms with Gasteiger partial charge in [-0.05, 0) is 48.1 Å². The molecule has 1 aliphatic rings. The summed E-state index contributed by atoms with van der Waals surface area (Å²) in [7, 11) is 0. The lowest BCUT2D eigenvalue weighted by molar-refractivity contribution is 0.100. The minimum atomic E-state index is 0.276. The summed E-state index contributed by atoms with van der Waals surface area (Å²) in [5.74, 6) is 0. The second kappa shape index (κ2) is 6.33. The molecule has 1 nitrogen and oxygen atoms in total. The minimum absolute atomic E-state index is 0.276. The van der Waals surface area contributed by atoms with Crippen LogP contribution in [0.2, 0.25) is 0 Å². The zero-order valence-corrected chi connectivity index (χ0v) is 14.0. The molecule has 21 heavy (non-hydrogen) atoms. The van der Waals surface area contributed by atoms with Gasteiger partial charge in [0.15, 0.2) is 0 Å². The number of hydrogen-bond acceptors (Lipinski definition) is 1. The van der Waals surface area contributed by atoms with Crippen LogP contribution in [-0.4, -0.2) is 6.61 Å². The fourth-order valence-electron chi connectivity index (χ4n) is 2.75. The largest absolute Gasteiger partial charge is 0.376 e. The fraction of sp³-hybridized carbons (Fsp3) is 0.368. The Balaban J connectivity index is 1.59. The molecule has 1 aliphatic carbocycles. The highest BCUT2D eigenvalue weighted by molar-refractivity contribution is 9.10. The first-order valence-electron chi connectivity index (χ1n) is 7.63. The maximum absolute atomic E-state index is 5.99. The summed E-state index contributed by atoms with van der Waals surface area (Å²) in [6.07, 6.45) is 3.60. The van der Waals surface area contributed by atoms with Crippen LogP contribution in [0.4, 0.5) is 0 Å². The van der Waals surface area contributed by atoms with E-state index in [0.717, 1.165) is 17.5 Å². The second-order valence-corrected chi connectivity index (χ2v) is 6.87. The van der Waals surface area contributed by atoms with E-state index < -0.39 is 0 Å². The lowest BCUT2D eigenvalue weighted by Crippen LogP contribution is -2.15. The van der Waals surface area contributed by atoms with E-state index in [1.54, 1.807) is 0 Å². The Morgan fingerprint density at radius 1 is 1.05 bits per heavy atom. The first-order chi connectivity index (χ1) is 10.2. The first-order valence-corrected chi connectivity index (χ1v) is 8.43. The quantitative estimate of drug-likeness (QED) is 0.694. The van der Waals surface area contributed by atoms with Crippen LogP contribution in [0, 0.1) is 0 Å². The zero-order chi connectivity index (χ0) is 14.7. The van der Waals surface area contributed by atoms with Gasteiger partial charge in [-0.1, -0.05) is 59.3 Å². The van der Waals surface area contributed by atoms with Gasteiger partial charge in [-0.25, -0.2) is 0 Å². The molecule has 3 rings (SSSR count). The molecule has 0 spiro atoms. The number of aryl methyl sites for hydroxylation is 1. The Kier molecular flexibility index (Phi) is 4.46. The molecule has 0 N–H and O–H groups in total. The van der Waals surface area contributed by atoms with Crippen molar-refractivity contribution >= 4 is 15.9 Å². The van der Waals surface area contributed by atoms with Crippen molar-refractivity contribution in [3.63, 3.8) is 0 Å². The predicted molar refractivity (Wildman–Crippen MR) is 90.5 cm³/mol. The summed E-state index contributed by atoms with van der Waals surface area (Å²) in [6, 6.07) is 17.4. The monoisotopic (exact) mass is 344 g/mol. The first kappa shape index (κ1) is 14.8. The van der Waals surface area contributed by atoms with E-state index in [9.17, 15) is 0 Å². The van der Waals surface area contributed by atoms with E-state index in [-0.39, 0.29) is 5.41 Å². The number of halogens is 1. The molecule has 2 aromatic carbocycles. The van der Waals surface area contributed by atoms with Crippen LogP contribution in [0.25, 0.3) is 0 Å². The van der Waals surface area contributed by atoms with E-state index >= 15 is 0 Å². The van der Waals surface area contributed by atoms with Crippen molar-refractivity contribution in [3.05, 3.63) is 69.7 Å². The summed E-state index contributed by atoms with van der Waals surface area (Å²) >= 11 is 3.50. The summed E-state index contributed by atoms with van der Waals surface area (Å²) in [5, 5.41) is 0. The van der Waals surface area contributed by atoms with Crippen molar-refractivity contribution in [2.45, 2.75) is 38.2 Å². The van der Waals surface area contributed by atoms with Gasteiger partial charge in [0.05, 0.1) is 13.2 Å². The van der Waals surface area contributed by atoms with Crippen molar-refractivity contribution in [3.8, 4) is 0 Å². The lowest BCUT2D eigenvalue weighted by Gasteiger charge is -2.16. The van der Waals surface area contributed by atoms with Crippen LogP contribution in [-0.2, 0) is 23.2 Å². The molecule has 0 unspecified atom stereocenters. The Bertz CT molecular complexity index is 599. The van der Waals surface area contributed by atoms with Crippen molar-refractivity contribution in [2.75, 3.05) is 6.61 Å². The van der Waals surface area contributed by atoms with Crippen LogP contribution < -0.4 is 0 Å². The number of benzene rings is 2. The van der Waals surface area contributed by atoms with Crippen LogP contribution >= 0.6 is 15.9 Å². The van der Waals surface area contributed by atoms with Crippen molar-refractivity contribution in [2.24, 2.45) is 0 Å². The number of ether oxygens (including phenoxy) is 1. The minimum Gasteiger partial charge on any atom is -0.376 e. The van der Waals surface area contributed by atoms with Gasteiger partial charge in [0.1, 0.15) is 0 Å². The molecular formula is C19H21BrO. The van der Waals surface area contributed by atoms with Crippen LogP contribution in [0.5, 0.6) is 0 Å². The Hall–Kier alpha value is -1.12. The third-order valence-electron chi connectivity index (χ3n) is 4.36. The van der Waals surface area contributed by atoms with Gasteiger partial charge < -0.3 is 4.74 Å². The van der Waals surface area contributed by atoms with Gasteiger partial charge in [-0.2, -0.15) is 0 Å². The Labute approximate surface area is 135 Å². The summed E-state index contributed by atoms with van der Waals surface area (Å²) in [4.78, 5) is 0. The predicted octanol–water partition coefficient (Wildman–Crippen LogP) is 5.26. The van der Waals surface area contributed by atoms with Gasteiger partial charge in [0, 0.05) is 9.89 Å². The summed E-state index contributed by atoms with van der Waals surface area (Å²) in [5.41, 5.74) is 4.35. The average Bonchev–Trinajstić information content (AvgIpc) is 3.29. The Morgan fingerprint density at radius 3 is 2.43 bits per heavy atom. The maximum atomic E-state index is 5.99. The third-order valence-corrected chi connectivity index (χ3v) is 4.86. The van der Waals surface area contributed by atoms with Crippen LogP contribution in [0.1, 0.15) is 36.5 Å². The molecule has 0 aliphatic heterocycles. The average molecular weight is 345 g/mol. The summed E-state index contributed by atoms with van der Waals surface area (Å²) < 4.78 is 7.10. The van der Waals surface area contributed by atoms with Gasteiger partial charge >= 0.3 is 0 Å². The normalized spacial score (nSPS) is 15.9. The topological polar surface area (TPSA) is 9.23 Å². The second-order valence-electron chi connectivity index (χ2n) is 5.95. The van der Waals surface area contributed by atoms with Crippen LogP contribution in [0.15, 0.2) is 53.0 Å². The van der Waals surface area contributed by atoms with Gasteiger partial charge in [-0.3, -0.25) is 0 Å². The maximum Gasteiger partial charge on any atom is 0.0717 e. The van der Waals surface area contributed by atoms with Crippen LogP contribution in [0.3, 0.4) is 0 Å². The molecule has 0 atom stereocenters. The highest BCUT2D eigenvalue weighted by Crippen LogP contribution is 2.48. The molecule has 1 saturated carbocycles. The van der Waals surface area contributed by atoms with E-state index in [1.807, 2.05) is 6.07 Å². The molecule has 0 saturated heterocycles. The van der Waals surface area contributed by atoms with Crippen molar-refractivity contribution in [1.29, 1.82) is 0 Å². The third kappa shape index (κ3) is 3.56. The Morgan fingerprint density at radius 2 is 1.81 bits per heavy atom. The van der Waals surface area contributed by atoms with E-state index in [0.29, 0.717) is 6.61 Å². The van der Waals surface area contributed by atoms with Gasteiger partial charge in [0.25, 0.3) is 0 Å². The highest BCUT2D eigenvalue weighted by Gasteiger charge is 2.44. The highest BCUT2D eigenvalue weighted by atomic mass is 79.9. The standard InChI is InChI=1S/C19H21BrO/c1-2-15-6-8-17(9-7-15)19(10-11-19)14-21-13-16-4-3-5-18(20)12-16/h3-9,12H,2,10-11,13-14H2,1H3. The summed E-state index contributed by atoms with van der Waals surface area (Å²) in [6.45, 7) is 3.71. The van der Waals surface area contributed by atoms with Crippen molar-refractivity contribution in [1.82, 2.24) is 0 Å². The molecule has 110 valence electrons. The van der Waals surface area contributed by atoms with Crippen molar-refractivity contribution < 1.29 is 4.74 Å². The molecular weight excluding hydrogens is 324 g/mol. The van der Waals surface area contributed by atoms with E-state index in [1.165, 1.54) is 29.5 Å². The van der Waals surface area contributed by atoms with E-state index in [2.05, 4.69) is 65.3 Å². The zero-order valence-electron chi connectivity index (χ0n) is 12.4. The molecule has 0 amide bonds. The number of rotatable bonds is 6. The SMILES string of the molecule is CCc1ccc(C2(COCc3cccc(Br)c3)CC2)cc1. The molecule has 0 bridgehead atoms. The number of hydrogen-bond donors (Lipinski definition) is 0. The molecule has 0 heterocycles. The van der Waals surface area contributed by atoms with Gasteiger partial charge in [0.2, 0.25) is 0 Å². The molecule has 1 fully saturated rings. The molecule has 2 aromatic rings. The van der Waals surface area contributed by atoms with Gasteiger partial charge in [-0.15, -0.1) is 0 Å². The molecule has 0 radical (unpaired) electrons. The molecule has 2 heteroatoms. The smallest absolute Gasteiger partial charge is 0.0717 e. The lowest BCUT2D eigenvalue weighted by atomic mass is 9.95. The molecule has 0 aromatic heterocycles. The fourth-order valence-corrected chi connectivity index (χ4v) is 3.20.